The normalized spacial score (nSPS) is 21.7. The molecule has 1 fully saturated rings. The van der Waals surface area contributed by atoms with Crippen LogP contribution in [0.2, 0.25) is 0 Å². The summed E-state index contributed by atoms with van der Waals surface area (Å²) in [5.74, 6) is 0.663. The number of H-pyrrole nitrogens is 1. The highest BCUT2D eigenvalue weighted by Gasteiger charge is 2.22. The highest BCUT2D eigenvalue weighted by Crippen LogP contribution is 2.26. The number of nitrogens with one attached hydrogen (secondary N) is 2. The summed E-state index contributed by atoms with van der Waals surface area (Å²) in [6, 6.07) is 9.05. The van der Waals surface area contributed by atoms with E-state index in [0.29, 0.717) is 11.1 Å². The van der Waals surface area contributed by atoms with E-state index in [1.54, 1.807) is 0 Å². The number of benzene rings is 1. The molecule has 1 heterocycles. The number of aromatic nitrogens is 1. The molecule has 0 saturated heterocycles. The average Bonchev–Trinajstić information content (AvgIpc) is 2.54. The zero-order valence-corrected chi connectivity index (χ0v) is 12.9. The zero-order chi connectivity index (χ0) is 15.5. The fourth-order valence-electron chi connectivity index (χ4n) is 3.37. The molecule has 0 unspecified atom stereocenters. The second kappa shape index (κ2) is 6.34. The minimum Gasteiger partial charge on any atom is -0.349 e. The Bertz CT molecular complexity index is 727. The molecule has 0 atom stereocenters. The summed E-state index contributed by atoms with van der Waals surface area (Å²) in [4.78, 5) is 27.1. The smallest absolute Gasteiger partial charge is 0.252 e. The van der Waals surface area contributed by atoms with E-state index in [-0.39, 0.29) is 17.5 Å². The highest BCUT2D eigenvalue weighted by molar-refractivity contribution is 6.06. The first-order valence-electron chi connectivity index (χ1n) is 8.10. The van der Waals surface area contributed by atoms with Crippen molar-refractivity contribution in [1.29, 1.82) is 0 Å². The molecule has 0 aliphatic heterocycles. The molecule has 0 radical (unpaired) electrons. The second-order valence-electron chi connectivity index (χ2n) is 6.19. The first-order valence-corrected chi connectivity index (χ1v) is 8.10. The predicted octanol–water partition coefficient (Wildman–Crippen LogP) is 3.23. The van der Waals surface area contributed by atoms with Gasteiger partial charge in [0.2, 0.25) is 5.56 Å². The second-order valence-corrected chi connectivity index (χ2v) is 6.19. The molecule has 1 amide bonds. The number of hydrogen-bond donors (Lipinski definition) is 2. The van der Waals surface area contributed by atoms with E-state index in [1.165, 1.54) is 25.3 Å². The Morgan fingerprint density at radius 2 is 1.95 bits per heavy atom. The molecular weight excluding hydrogens is 276 g/mol. The predicted molar refractivity (Wildman–Crippen MR) is 88.1 cm³/mol. The summed E-state index contributed by atoms with van der Waals surface area (Å²) in [7, 11) is 0. The minimum absolute atomic E-state index is 0.137. The van der Waals surface area contributed by atoms with Crippen LogP contribution in [0, 0.1) is 5.92 Å². The summed E-state index contributed by atoms with van der Waals surface area (Å²) in [5, 5.41) is 3.90. The lowest BCUT2D eigenvalue weighted by atomic mass is 9.84. The summed E-state index contributed by atoms with van der Waals surface area (Å²) >= 11 is 0. The third-order valence-corrected chi connectivity index (χ3v) is 4.75. The molecule has 0 bridgehead atoms. The van der Waals surface area contributed by atoms with Gasteiger partial charge in [0.25, 0.3) is 5.91 Å². The lowest BCUT2D eigenvalue weighted by Gasteiger charge is -2.28. The van der Waals surface area contributed by atoms with Crippen LogP contribution in [-0.4, -0.2) is 16.9 Å². The fraction of sp³-hybridized carbons (Fsp3) is 0.444. The van der Waals surface area contributed by atoms with Gasteiger partial charge >= 0.3 is 0 Å². The summed E-state index contributed by atoms with van der Waals surface area (Å²) in [5.41, 5.74) is 0.936. The van der Waals surface area contributed by atoms with Gasteiger partial charge in [-0.3, -0.25) is 9.59 Å². The van der Waals surface area contributed by atoms with Crippen LogP contribution >= 0.6 is 0 Å². The van der Waals surface area contributed by atoms with Crippen LogP contribution in [0.15, 0.2) is 35.1 Å². The van der Waals surface area contributed by atoms with Crippen molar-refractivity contribution in [1.82, 2.24) is 10.3 Å². The van der Waals surface area contributed by atoms with Gasteiger partial charge in [-0.25, -0.2) is 0 Å². The van der Waals surface area contributed by atoms with Crippen molar-refractivity contribution >= 4 is 16.8 Å². The molecule has 3 rings (SSSR count). The van der Waals surface area contributed by atoms with Crippen LogP contribution < -0.4 is 10.9 Å². The maximum absolute atomic E-state index is 12.6. The Kier molecular flexibility index (Phi) is 4.27. The van der Waals surface area contributed by atoms with Crippen LogP contribution in [0.4, 0.5) is 0 Å². The van der Waals surface area contributed by atoms with E-state index in [4.69, 9.17) is 0 Å². The number of carbonyl (C=O) groups excluding carboxylic acids is 1. The van der Waals surface area contributed by atoms with E-state index in [0.717, 1.165) is 24.1 Å². The summed E-state index contributed by atoms with van der Waals surface area (Å²) in [6.07, 6.45) is 5.64. The van der Waals surface area contributed by atoms with Crippen molar-refractivity contribution in [3.63, 3.8) is 0 Å². The number of aromatic amines is 1. The third kappa shape index (κ3) is 3.06. The monoisotopic (exact) mass is 298 g/mol. The average molecular weight is 298 g/mol. The van der Waals surface area contributed by atoms with Crippen LogP contribution in [0.5, 0.6) is 0 Å². The van der Waals surface area contributed by atoms with Gasteiger partial charge in [-0.05, 0) is 37.7 Å². The van der Waals surface area contributed by atoms with Crippen LogP contribution in [0.3, 0.4) is 0 Å². The van der Waals surface area contributed by atoms with Crippen molar-refractivity contribution < 1.29 is 4.79 Å². The Morgan fingerprint density at radius 1 is 1.23 bits per heavy atom. The molecule has 2 N–H and O–H groups in total. The van der Waals surface area contributed by atoms with Gasteiger partial charge in [0.05, 0.1) is 5.56 Å². The molecule has 22 heavy (non-hydrogen) atoms. The SMILES string of the molecule is CCC1CCC(NC(=O)c2cc(=O)[nH]c3ccccc23)CC1. The first-order chi connectivity index (χ1) is 10.7. The molecule has 1 aromatic heterocycles. The maximum Gasteiger partial charge on any atom is 0.252 e. The highest BCUT2D eigenvalue weighted by atomic mass is 16.2. The lowest BCUT2D eigenvalue weighted by molar-refractivity contribution is 0.0923. The number of fused-ring (bicyclic) bond motifs is 1. The lowest BCUT2D eigenvalue weighted by Crippen LogP contribution is -2.38. The Balaban J connectivity index is 1.80. The molecule has 1 aliphatic rings. The van der Waals surface area contributed by atoms with Gasteiger partial charge in [0, 0.05) is 23.0 Å². The summed E-state index contributed by atoms with van der Waals surface area (Å²) < 4.78 is 0. The largest absolute Gasteiger partial charge is 0.349 e. The van der Waals surface area contributed by atoms with Gasteiger partial charge in [-0.1, -0.05) is 31.5 Å². The third-order valence-electron chi connectivity index (χ3n) is 4.75. The van der Waals surface area contributed by atoms with Gasteiger partial charge < -0.3 is 10.3 Å². The number of rotatable bonds is 3. The zero-order valence-electron chi connectivity index (χ0n) is 12.9. The van der Waals surface area contributed by atoms with Gasteiger partial charge in [0.15, 0.2) is 0 Å². The molecule has 1 aromatic carbocycles. The van der Waals surface area contributed by atoms with Crippen molar-refractivity contribution in [3.05, 3.63) is 46.2 Å². The summed E-state index contributed by atoms with van der Waals surface area (Å²) in [6.45, 7) is 2.23. The topological polar surface area (TPSA) is 62.0 Å². The molecule has 4 heteroatoms. The number of amides is 1. The minimum atomic E-state index is -0.237. The Hall–Kier alpha value is -2.10. The van der Waals surface area contributed by atoms with Gasteiger partial charge in [0.1, 0.15) is 0 Å². The molecule has 4 nitrogen and oxygen atoms in total. The fourth-order valence-corrected chi connectivity index (χ4v) is 3.37. The van der Waals surface area contributed by atoms with Crippen molar-refractivity contribution in [3.8, 4) is 0 Å². The maximum atomic E-state index is 12.6. The number of para-hydroxylation sites is 1. The van der Waals surface area contributed by atoms with Crippen LogP contribution in [0.1, 0.15) is 49.4 Å². The first kappa shape index (κ1) is 14.8. The van der Waals surface area contributed by atoms with Crippen molar-refractivity contribution in [2.75, 3.05) is 0 Å². The van der Waals surface area contributed by atoms with Crippen molar-refractivity contribution in [2.24, 2.45) is 5.92 Å². The Labute approximate surface area is 129 Å². The van der Waals surface area contributed by atoms with E-state index >= 15 is 0 Å². The standard InChI is InChI=1S/C18H22N2O2/c1-2-12-7-9-13(10-8-12)19-18(22)15-11-17(21)20-16-6-4-3-5-14(15)16/h3-6,11-13H,2,7-10H2,1H3,(H,19,22)(H,20,21). The Morgan fingerprint density at radius 3 is 2.68 bits per heavy atom. The quantitative estimate of drug-likeness (QED) is 0.914. The molecule has 1 saturated carbocycles. The number of pyridine rings is 1. The van der Waals surface area contributed by atoms with Crippen molar-refractivity contribution in [2.45, 2.75) is 45.1 Å². The van der Waals surface area contributed by atoms with Gasteiger partial charge in [-0.2, -0.15) is 0 Å². The molecule has 2 aromatic rings. The van der Waals surface area contributed by atoms with Crippen LogP contribution in [-0.2, 0) is 0 Å². The molecule has 116 valence electrons. The van der Waals surface area contributed by atoms with Crippen LogP contribution in [0.25, 0.3) is 10.9 Å². The number of carbonyl (C=O) groups is 1. The molecule has 0 spiro atoms. The molecular formula is C18H22N2O2. The number of hydrogen-bond acceptors (Lipinski definition) is 2. The molecule has 1 aliphatic carbocycles. The van der Waals surface area contributed by atoms with E-state index in [1.807, 2.05) is 24.3 Å². The van der Waals surface area contributed by atoms with E-state index in [2.05, 4.69) is 17.2 Å². The van der Waals surface area contributed by atoms with E-state index < -0.39 is 0 Å². The van der Waals surface area contributed by atoms with Gasteiger partial charge in [-0.15, -0.1) is 0 Å². The van der Waals surface area contributed by atoms with E-state index in [9.17, 15) is 9.59 Å².